The molecule has 2 aromatic heterocycles. The number of anilines is 1. The highest BCUT2D eigenvalue weighted by molar-refractivity contribution is 5.85. The highest BCUT2D eigenvalue weighted by Crippen LogP contribution is 2.23. The van der Waals surface area contributed by atoms with Crippen LogP contribution in [0.1, 0.15) is 12.0 Å². The first kappa shape index (κ1) is 11.9. The average Bonchev–Trinajstić information content (AvgIpc) is 2.70. The molecule has 17 heavy (non-hydrogen) atoms. The summed E-state index contributed by atoms with van der Waals surface area (Å²) in [4.78, 5) is 4.26. The molecule has 0 radical (unpaired) electrons. The van der Waals surface area contributed by atoms with Gasteiger partial charge in [-0.25, -0.2) is 4.52 Å². The summed E-state index contributed by atoms with van der Waals surface area (Å²) >= 11 is 0. The number of nitrogens with one attached hydrogen (secondary N) is 1. The SMILES string of the molecule is Cl.Nc1nc2c(C3=CCNCC3)cccn2n1. The number of hydrogen-bond acceptors (Lipinski definition) is 4. The first-order valence-electron chi connectivity index (χ1n) is 5.35. The molecule has 3 heterocycles. The molecule has 1 aliphatic rings. The van der Waals surface area contributed by atoms with Crippen molar-refractivity contribution in [3.63, 3.8) is 0 Å². The van der Waals surface area contributed by atoms with Crippen LogP contribution < -0.4 is 11.1 Å². The molecule has 1 aliphatic heterocycles. The van der Waals surface area contributed by atoms with Gasteiger partial charge in [0.25, 0.3) is 0 Å². The largest absolute Gasteiger partial charge is 0.366 e. The maximum Gasteiger partial charge on any atom is 0.240 e. The molecule has 0 saturated carbocycles. The van der Waals surface area contributed by atoms with Crippen LogP contribution in [0.4, 0.5) is 5.95 Å². The Hall–Kier alpha value is -1.59. The van der Waals surface area contributed by atoms with E-state index in [4.69, 9.17) is 5.73 Å². The summed E-state index contributed by atoms with van der Waals surface area (Å²) in [5.41, 5.74) is 8.90. The molecular weight excluding hydrogens is 238 g/mol. The summed E-state index contributed by atoms with van der Waals surface area (Å²) in [6.45, 7) is 1.93. The Morgan fingerprint density at radius 2 is 2.29 bits per heavy atom. The minimum Gasteiger partial charge on any atom is -0.366 e. The molecule has 6 heteroatoms. The van der Waals surface area contributed by atoms with Gasteiger partial charge < -0.3 is 11.1 Å². The first-order chi connectivity index (χ1) is 7.84. The number of halogens is 1. The van der Waals surface area contributed by atoms with Crippen LogP contribution in [0.2, 0.25) is 0 Å². The van der Waals surface area contributed by atoms with Crippen molar-refractivity contribution < 1.29 is 0 Å². The molecule has 0 saturated heterocycles. The average molecular weight is 252 g/mol. The van der Waals surface area contributed by atoms with Gasteiger partial charge in [-0.3, -0.25) is 0 Å². The maximum absolute atomic E-state index is 5.61. The second-order valence-corrected chi connectivity index (χ2v) is 3.84. The van der Waals surface area contributed by atoms with Crippen LogP contribution in [0.25, 0.3) is 11.2 Å². The molecule has 0 fully saturated rings. The number of pyridine rings is 1. The molecule has 0 atom stereocenters. The van der Waals surface area contributed by atoms with Gasteiger partial charge in [0, 0.05) is 18.3 Å². The first-order valence-corrected chi connectivity index (χ1v) is 5.35. The van der Waals surface area contributed by atoms with Gasteiger partial charge in [-0.1, -0.05) is 6.08 Å². The second-order valence-electron chi connectivity index (χ2n) is 3.84. The Morgan fingerprint density at radius 1 is 1.41 bits per heavy atom. The fourth-order valence-corrected chi connectivity index (χ4v) is 2.04. The van der Waals surface area contributed by atoms with E-state index >= 15 is 0 Å². The molecule has 0 aliphatic carbocycles. The predicted molar refractivity (Wildman–Crippen MR) is 70.1 cm³/mol. The lowest BCUT2D eigenvalue weighted by molar-refractivity contribution is 0.738. The van der Waals surface area contributed by atoms with Gasteiger partial charge >= 0.3 is 0 Å². The van der Waals surface area contributed by atoms with E-state index in [-0.39, 0.29) is 12.4 Å². The normalized spacial score (nSPS) is 15.4. The molecule has 3 rings (SSSR count). The third-order valence-corrected chi connectivity index (χ3v) is 2.79. The number of rotatable bonds is 1. The molecule has 0 aromatic carbocycles. The lowest BCUT2D eigenvalue weighted by Crippen LogP contribution is -2.20. The summed E-state index contributed by atoms with van der Waals surface area (Å²) in [7, 11) is 0. The Labute approximate surface area is 105 Å². The molecule has 2 aromatic rings. The Kier molecular flexibility index (Phi) is 3.31. The summed E-state index contributed by atoms with van der Waals surface area (Å²) in [6.07, 6.45) is 5.08. The molecule has 3 N–H and O–H groups in total. The van der Waals surface area contributed by atoms with Crippen molar-refractivity contribution in [2.24, 2.45) is 0 Å². The minimum atomic E-state index is 0. The third kappa shape index (κ3) is 2.11. The maximum atomic E-state index is 5.61. The van der Waals surface area contributed by atoms with E-state index in [1.807, 2.05) is 12.3 Å². The van der Waals surface area contributed by atoms with Crippen molar-refractivity contribution in [2.75, 3.05) is 18.8 Å². The van der Waals surface area contributed by atoms with Crippen LogP contribution >= 0.6 is 12.4 Å². The van der Waals surface area contributed by atoms with Crippen LogP contribution in [0.15, 0.2) is 24.4 Å². The fourth-order valence-electron chi connectivity index (χ4n) is 2.04. The quantitative estimate of drug-likeness (QED) is 0.797. The van der Waals surface area contributed by atoms with E-state index in [9.17, 15) is 0 Å². The molecule has 5 nitrogen and oxygen atoms in total. The number of aromatic nitrogens is 3. The summed E-state index contributed by atoms with van der Waals surface area (Å²) < 4.78 is 1.73. The summed E-state index contributed by atoms with van der Waals surface area (Å²) in [5, 5.41) is 7.40. The molecule has 0 amide bonds. The van der Waals surface area contributed by atoms with Crippen molar-refractivity contribution in [1.82, 2.24) is 19.9 Å². The van der Waals surface area contributed by atoms with Crippen LogP contribution in [0.3, 0.4) is 0 Å². The Balaban J connectivity index is 0.00000108. The van der Waals surface area contributed by atoms with Gasteiger partial charge in [-0.15, -0.1) is 17.5 Å². The highest BCUT2D eigenvalue weighted by atomic mass is 35.5. The van der Waals surface area contributed by atoms with Crippen molar-refractivity contribution in [3.05, 3.63) is 30.0 Å². The molecule has 0 spiro atoms. The minimum absolute atomic E-state index is 0. The van der Waals surface area contributed by atoms with E-state index in [0.29, 0.717) is 5.95 Å². The van der Waals surface area contributed by atoms with Gasteiger partial charge in [0.05, 0.1) is 0 Å². The van der Waals surface area contributed by atoms with Gasteiger partial charge in [-0.2, -0.15) is 4.98 Å². The molecule has 0 unspecified atom stereocenters. The smallest absolute Gasteiger partial charge is 0.240 e. The highest BCUT2D eigenvalue weighted by Gasteiger charge is 2.11. The van der Waals surface area contributed by atoms with Crippen LogP contribution in [-0.4, -0.2) is 27.7 Å². The molecule has 90 valence electrons. The van der Waals surface area contributed by atoms with Crippen LogP contribution in [0.5, 0.6) is 0 Å². The number of nitrogens with two attached hydrogens (primary N) is 1. The molecular formula is C11H14ClN5. The van der Waals surface area contributed by atoms with Gasteiger partial charge in [-0.05, 0) is 30.7 Å². The lowest BCUT2D eigenvalue weighted by Gasteiger charge is -2.14. The van der Waals surface area contributed by atoms with Crippen molar-refractivity contribution in [1.29, 1.82) is 0 Å². The van der Waals surface area contributed by atoms with Crippen molar-refractivity contribution in [2.45, 2.75) is 6.42 Å². The second kappa shape index (κ2) is 4.73. The summed E-state index contributed by atoms with van der Waals surface area (Å²) in [5.74, 6) is 0.321. The van der Waals surface area contributed by atoms with Gasteiger partial charge in [0.2, 0.25) is 5.95 Å². The van der Waals surface area contributed by atoms with Gasteiger partial charge in [0.15, 0.2) is 5.65 Å². The third-order valence-electron chi connectivity index (χ3n) is 2.79. The Morgan fingerprint density at radius 3 is 3.06 bits per heavy atom. The van der Waals surface area contributed by atoms with Crippen LogP contribution in [0, 0.1) is 0 Å². The van der Waals surface area contributed by atoms with E-state index in [0.717, 1.165) is 30.7 Å². The number of fused-ring (bicyclic) bond motifs is 1. The Bertz CT molecular complexity index is 560. The van der Waals surface area contributed by atoms with E-state index in [2.05, 4.69) is 27.5 Å². The van der Waals surface area contributed by atoms with Crippen molar-refractivity contribution in [3.8, 4) is 0 Å². The topological polar surface area (TPSA) is 68.2 Å². The predicted octanol–water partition coefficient (Wildman–Crippen LogP) is 1.11. The number of nitrogens with zero attached hydrogens (tertiary/aromatic N) is 3. The van der Waals surface area contributed by atoms with E-state index in [1.54, 1.807) is 4.52 Å². The van der Waals surface area contributed by atoms with E-state index in [1.165, 1.54) is 5.57 Å². The standard InChI is InChI=1S/C11H13N5.ClH/c12-11-14-10-9(2-1-7-16(10)15-11)8-3-5-13-6-4-8;/h1-3,7,13H,4-6H2,(H2,12,15);1H. The fraction of sp³-hybridized carbons (Fsp3) is 0.273. The summed E-state index contributed by atoms with van der Waals surface area (Å²) in [6, 6.07) is 4.04. The van der Waals surface area contributed by atoms with E-state index < -0.39 is 0 Å². The zero-order chi connectivity index (χ0) is 11.0. The zero-order valence-electron chi connectivity index (χ0n) is 9.26. The van der Waals surface area contributed by atoms with Crippen molar-refractivity contribution >= 4 is 29.6 Å². The van der Waals surface area contributed by atoms with Gasteiger partial charge in [0.1, 0.15) is 0 Å². The van der Waals surface area contributed by atoms with Crippen LogP contribution in [-0.2, 0) is 0 Å². The monoisotopic (exact) mass is 251 g/mol. The lowest BCUT2D eigenvalue weighted by atomic mass is 10.0. The number of nitrogen functional groups attached to an aromatic ring is 1. The zero-order valence-corrected chi connectivity index (χ0v) is 10.1. The number of hydrogen-bond donors (Lipinski definition) is 2. The molecule has 0 bridgehead atoms.